The maximum absolute atomic E-state index is 12.4. The van der Waals surface area contributed by atoms with Gasteiger partial charge in [-0.3, -0.25) is 4.79 Å². The van der Waals surface area contributed by atoms with Gasteiger partial charge >= 0.3 is 0 Å². The lowest BCUT2D eigenvalue weighted by molar-refractivity contribution is -0.121. The number of nitrogens with zero attached hydrogens (tertiary/aromatic N) is 1. The third kappa shape index (κ3) is 4.23. The third-order valence-electron chi connectivity index (χ3n) is 4.87. The Hall–Kier alpha value is -2.60. The number of benzene rings is 2. The van der Waals surface area contributed by atoms with Gasteiger partial charge in [-0.2, -0.15) is 5.26 Å². The van der Waals surface area contributed by atoms with Crippen LogP contribution in [0.4, 0.5) is 5.69 Å². The van der Waals surface area contributed by atoms with Crippen molar-refractivity contribution in [3.8, 4) is 6.07 Å². The Kier molecular flexibility index (Phi) is 5.28. The number of rotatable bonds is 4. The second-order valence-corrected chi connectivity index (χ2v) is 6.59. The predicted octanol–water partition coefficient (Wildman–Crippen LogP) is 4.55. The van der Waals surface area contributed by atoms with Crippen molar-refractivity contribution in [1.29, 1.82) is 5.26 Å². The minimum Gasteiger partial charge on any atom is -0.326 e. The molecule has 0 radical (unpaired) electrons. The summed E-state index contributed by atoms with van der Waals surface area (Å²) in [7, 11) is 0. The fraction of sp³-hybridized carbons (Fsp3) is 0.333. The van der Waals surface area contributed by atoms with Crippen LogP contribution in [-0.2, 0) is 11.2 Å². The van der Waals surface area contributed by atoms with E-state index in [1.807, 2.05) is 6.07 Å². The first-order chi connectivity index (χ1) is 11.7. The molecule has 3 heteroatoms. The van der Waals surface area contributed by atoms with Crippen LogP contribution in [0.25, 0.3) is 0 Å². The Morgan fingerprint density at radius 2 is 1.67 bits per heavy atom. The summed E-state index contributed by atoms with van der Waals surface area (Å²) >= 11 is 0. The third-order valence-corrected chi connectivity index (χ3v) is 4.87. The molecule has 3 nitrogen and oxygen atoms in total. The van der Waals surface area contributed by atoms with E-state index in [2.05, 4.69) is 35.7 Å². The molecule has 1 saturated carbocycles. The predicted molar refractivity (Wildman–Crippen MR) is 95.4 cm³/mol. The highest BCUT2D eigenvalue weighted by atomic mass is 16.1. The average molecular weight is 318 g/mol. The van der Waals surface area contributed by atoms with E-state index in [4.69, 9.17) is 5.26 Å². The molecule has 24 heavy (non-hydrogen) atoms. The fourth-order valence-electron chi connectivity index (χ4n) is 3.45. The second kappa shape index (κ2) is 7.79. The number of amides is 1. The van der Waals surface area contributed by atoms with Crippen molar-refractivity contribution in [2.45, 2.75) is 32.1 Å². The van der Waals surface area contributed by atoms with Gasteiger partial charge < -0.3 is 5.32 Å². The highest BCUT2D eigenvalue weighted by Gasteiger charge is 2.26. The van der Waals surface area contributed by atoms with Crippen molar-refractivity contribution >= 4 is 11.6 Å². The Morgan fingerprint density at radius 3 is 2.29 bits per heavy atom. The summed E-state index contributed by atoms with van der Waals surface area (Å²) < 4.78 is 0. The Labute approximate surface area is 143 Å². The van der Waals surface area contributed by atoms with Gasteiger partial charge in [0.1, 0.15) is 0 Å². The largest absolute Gasteiger partial charge is 0.326 e. The van der Waals surface area contributed by atoms with Crippen LogP contribution in [0.1, 0.15) is 36.8 Å². The molecule has 0 unspecified atom stereocenters. The molecule has 0 heterocycles. The standard InChI is InChI=1S/C21H22N2O/c22-15-18-8-12-20(13-9-18)23-21(24)19-10-6-17(7-11-19)14-16-4-2-1-3-5-16/h1-5,8-9,12-13,17,19H,6-7,10-11,14H2,(H,23,24)/t17-,19-. The van der Waals surface area contributed by atoms with Crippen LogP contribution in [-0.4, -0.2) is 5.91 Å². The molecule has 2 aromatic rings. The number of hydrogen-bond acceptors (Lipinski definition) is 2. The van der Waals surface area contributed by atoms with Gasteiger partial charge in [-0.15, -0.1) is 0 Å². The molecule has 0 aliphatic heterocycles. The van der Waals surface area contributed by atoms with Crippen molar-refractivity contribution in [3.05, 3.63) is 65.7 Å². The Bertz CT molecular complexity index is 708. The Balaban J connectivity index is 1.48. The van der Waals surface area contributed by atoms with E-state index in [0.29, 0.717) is 11.5 Å². The number of anilines is 1. The van der Waals surface area contributed by atoms with Gasteiger partial charge in [0.15, 0.2) is 0 Å². The molecule has 0 bridgehead atoms. The van der Waals surface area contributed by atoms with Crippen LogP contribution in [0.2, 0.25) is 0 Å². The van der Waals surface area contributed by atoms with Crippen molar-refractivity contribution in [1.82, 2.24) is 0 Å². The average Bonchev–Trinajstić information content (AvgIpc) is 2.64. The summed E-state index contributed by atoms with van der Waals surface area (Å²) in [5, 5.41) is 11.8. The normalized spacial score (nSPS) is 20.1. The number of hydrogen-bond donors (Lipinski definition) is 1. The molecule has 1 aliphatic rings. The summed E-state index contributed by atoms with van der Waals surface area (Å²) in [6.45, 7) is 0. The van der Waals surface area contributed by atoms with E-state index in [-0.39, 0.29) is 11.8 Å². The van der Waals surface area contributed by atoms with Gasteiger partial charge in [0.25, 0.3) is 0 Å². The lowest BCUT2D eigenvalue weighted by Crippen LogP contribution is -2.27. The van der Waals surface area contributed by atoms with E-state index in [0.717, 1.165) is 37.8 Å². The molecule has 1 N–H and O–H groups in total. The molecule has 3 rings (SSSR count). The molecule has 0 atom stereocenters. The van der Waals surface area contributed by atoms with Crippen molar-refractivity contribution in [2.24, 2.45) is 11.8 Å². The number of nitriles is 1. The fourth-order valence-corrected chi connectivity index (χ4v) is 3.45. The lowest BCUT2D eigenvalue weighted by Gasteiger charge is -2.27. The molecule has 2 aromatic carbocycles. The van der Waals surface area contributed by atoms with Crippen LogP contribution in [0.3, 0.4) is 0 Å². The van der Waals surface area contributed by atoms with Gasteiger partial charge in [0.05, 0.1) is 11.6 Å². The minimum absolute atomic E-state index is 0.104. The monoisotopic (exact) mass is 318 g/mol. The van der Waals surface area contributed by atoms with E-state index < -0.39 is 0 Å². The second-order valence-electron chi connectivity index (χ2n) is 6.59. The number of carbonyl (C=O) groups excluding carboxylic acids is 1. The highest BCUT2D eigenvalue weighted by Crippen LogP contribution is 2.31. The first-order valence-corrected chi connectivity index (χ1v) is 8.59. The zero-order chi connectivity index (χ0) is 16.8. The zero-order valence-electron chi connectivity index (χ0n) is 13.7. The van der Waals surface area contributed by atoms with Crippen molar-refractivity contribution in [2.75, 3.05) is 5.32 Å². The molecule has 1 amide bonds. The van der Waals surface area contributed by atoms with Crippen LogP contribution in [0.5, 0.6) is 0 Å². The number of carbonyl (C=O) groups is 1. The van der Waals surface area contributed by atoms with Crippen LogP contribution in [0.15, 0.2) is 54.6 Å². The molecular weight excluding hydrogens is 296 g/mol. The van der Waals surface area contributed by atoms with Gasteiger partial charge in [-0.05, 0) is 67.9 Å². The molecule has 122 valence electrons. The Morgan fingerprint density at radius 1 is 1.00 bits per heavy atom. The lowest BCUT2D eigenvalue weighted by atomic mass is 9.79. The summed E-state index contributed by atoms with van der Waals surface area (Å²) in [6, 6.07) is 19.7. The van der Waals surface area contributed by atoms with Gasteiger partial charge in [-0.1, -0.05) is 30.3 Å². The van der Waals surface area contributed by atoms with Crippen LogP contribution < -0.4 is 5.32 Å². The van der Waals surface area contributed by atoms with Gasteiger partial charge in [0.2, 0.25) is 5.91 Å². The minimum atomic E-state index is 0.104. The van der Waals surface area contributed by atoms with Crippen LogP contribution >= 0.6 is 0 Å². The van der Waals surface area contributed by atoms with Gasteiger partial charge in [-0.25, -0.2) is 0 Å². The van der Waals surface area contributed by atoms with E-state index >= 15 is 0 Å². The zero-order valence-corrected chi connectivity index (χ0v) is 13.7. The maximum atomic E-state index is 12.4. The molecule has 0 spiro atoms. The summed E-state index contributed by atoms with van der Waals surface area (Å²) in [6.07, 6.45) is 5.25. The van der Waals surface area contributed by atoms with E-state index in [1.165, 1.54) is 5.56 Å². The van der Waals surface area contributed by atoms with Crippen molar-refractivity contribution < 1.29 is 4.79 Å². The molecule has 0 saturated heterocycles. The summed E-state index contributed by atoms with van der Waals surface area (Å²) in [5.74, 6) is 0.900. The molecule has 1 fully saturated rings. The highest BCUT2D eigenvalue weighted by molar-refractivity contribution is 5.92. The maximum Gasteiger partial charge on any atom is 0.227 e. The molecule has 1 aliphatic carbocycles. The number of nitrogens with one attached hydrogen (secondary N) is 1. The smallest absolute Gasteiger partial charge is 0.227 e. The van der Waals surface area contributed by atoms with Crippen LogP contribution in [0, 0.1) is 23.2 Å². The SMILES string of the molecule is N#Cc1ccc(NC(=O)[C@H]2CC[C@H](Cc3ccccc3)CC2)cc1. The first-order valence-electron chi connectivity index (χ1n) is 8.59. The topological polar surface area (TPSA) is 52.9 Å². The quantitative estimate of drug-likeness (QED) is 0.899. The molecule has 0 aromatic heterocycles. The first kappa shape index (κ1) is 16.3. The molecular formula is C21H22N2O. The summed E-state index contributed by atoms with van der Waals surface area (Å²) in [5.41, 5.74) is 2.77. The van der Waals surface area contributed by atoms with Crippen molar-refractivity contribution in [3.63, 3.8) is 0 Å². The van der Waals surface area contributed by atoms with E-state index in [9.17, 15) is 4.79 Å². The van der Waals surface area contributed by atoms with Gasteiger partial charge in [0, 0.05) is 11.6 Å². The summed E-state index contributed by atoms with van der Waals surface area (Å²) in [4.78, 5) is 12.4. The van der Waals surface area contributed by atoms with E-state index in [1.54, 1.807) is 24.3 Å².